The van der Waals surface area contributed by atoms with Crippen molar-refractivity contribution in [1.82, 2.24) is 9.78 Å². The van der Waals surface area contributed by atoms with Gasteiger partial charge in [-0.15, -0.1) is 0 Å². The molecule has 2 N–H and O–H groups in total. The van der Waals surface area contributed by atoms with Crippen molar-refractivity contribution in [1.29, 1.82) is 0 Å². The number of thiophene rings is 1. The van der Waals surface area contributed by atoms with E-state index in [-0.39, 0.29) is 0 Å². The van der Waals surface area contributed by atoms with Crippen LogP contribution < -0.4 is 5.73 Å². The average molecular weight is 298 g/mol. The predicted octanol–water partition coefficient (Wildman–Crippen LogP) is 2.77. The number of oxime groups is 1. The van der Waals surface area contributed by atoms with Crippen LogP contribution >= 0.6 is 11.3 Å². The molecule has 0 spiro atoms. The largest absolute Gasteiger partial charge is 0.389 e. The van der Waals surface area contributed by atoms with Gasteiger partial charge < -0.3 is 10.6 Å². The van der Waals surface area contributed by atoms with E-state index in [0.717, 1.165) is 16.8 Å². The Hall–Kier alpha value is -2.60. The summed E-state index contributed by atoms with van der Waals surface area (Å²) >= 11 is 1.57. The lowest BCUT2D eigenvalue weighted by Gasteiger charge is -2.04. The van der Waals surface area contributed by atoms with Crippen LogP contribution in [-0.4, -0.2) is 15.6 Å². The summed E-state index contributed by atoms with van der Waals surface area (Å²) < 4.78 is 1.80. The molecule has 6 heteroatoms. The molecule has 0 aliphatic rings. The van der Waals surface area contributed by atoms with E-state index < -0.39 is 0 Å². The van der Waals surface area contributed by atoms with Crippen LogP contribution in [0.15, 0.2) is 64.7 Å². The van der Waals surface area contributed by atoms with E-state index in [1.165, 1.54) is 0 Å². The Bertz CT molecular complexity index is 703. The Balaban J connectivity index is 1.60. The molecule has 21 heavy (non-hydrogen) atoms. The molecule has 106 valence electrons. The fourth-order valence-electron chi connectivity index (χ4n) is 1.81. The quantitative estimate of drug-likeness (QED) is 0.447. The fraction of sp³-hybridized carbons (Fsp3) is 0.0667. The van der Waals surface area contributed by atoms with Gasteiger partial charge in [0.25, 0.3) is 0 Å². The van der Waals surface area contributed by atoms with Gasteiger partial charge in [0.1, 0.15) is 6.61 Å². The third kappa shape index (κ3) is 3.29. The van der Waals surface area contributed by atoms with Gasteiger partial charge in [-0.1, -0.05) is 17.3 Å². The number of rotatable bonds is 5. The van der Waals surface area contributed by atoms with E-state index in [2.05, 4.69) is 10.3 Å². The van der Waals surface area contributed by atoms with Crippen molar-refractivity contribution in [3.63, 3.8) is 0 Å². The molecule has 3 aromatic rings. The van der Waals surface area contributed by atoms with Gasteiger partial charge in [0.05, 0.1) is 5.69 Å². The van der Waals surface area contributed by atoms with Crippen LogP contribution in [0.25, 0.3) is 5.69 Å². The molecule has 3 rings (SSSR count). The summed E-state index contributed by atoms with van der Waals surface area (Å²) in [4.78, 5) is 5.28. The van der Waals surface area contributed by atoms with Gasteiger partial charge in [-0.25, -0.2) is 4.68 Å². The van der Waals surface area contributed by atoms with Gasteiger partial charge in [0, 0.05) is 23.3 Å². The van der Waals surface area contributed by atoms with Crippen molar-refractivity contribution in [2.75, 3.05) is 0 Å². The van der Waals surface area contributed by atoms with Crippen LogP contribution in [0.1, 0.15) is 11.1 Å². The van der Waals surface area contributed by atoms with Crippen LogP contribution in [0.4, 0.5) is 0 Å². The first-order chi connectivity index (χ1) is 10.3. The predicted molar refractivity (Wildman–Crippen MR) is 83.4 cm³/mol. The summed E-state index contributed by atoms with van der Waals surface area (Å²) in [5.41, 5.74) is 8.72. The SMILES string of the molecule is N/C(=N\OCc1ccc(-n2cccn2)cc1)c1ccsc1. The lowest BCUT2D eigenvalue weighted by molar-refractivity contribution is 0.130. The molecule has 0 bridgehead atoms. The van der Waals surface area contributed by atoms with E-state index in [1.54, 1.807) is 22.2 Å². The average Bonchev–Trinajstić information content (AvgIpc) is 3.21. The number of nitrogens with two attached hydrogens (primary N) is 1. The minimum Gasteiger partial charge on any atom is -0.389 e. The van der Waals surface area contributed by atoms with Gasteiger partial charge in [-0.2, -0.15) is 16.4 Å². The van der Waals surface area contributed by atoms with Crippen LogP contribution in [0.5, 0.6) is 0 Å². The highest BCUT2D eigenvalue weighted by molar-refractivity contribution is 7.08. The standard InChI is InChI=1S/C15H14N4OS/c16-15(13-6-9-21-11-13)18-20-10-12-2-4-14(5-3-12)19-8-1-7-17-19/h1-9,11H,10H2,(H2,16,18). The maximum absolute atomic E-state index is 5.81. The molecular weight excluding hydrogens is 284 g/mol. The first kappa shape index (κ1) is 13.4. The summed E-state index contributed by atoms with van der Waals surface area (Å²) in [6.45, 7) is 0.379. The molecule has 5 nitrogen and oxygen atoms in total. The van der Waals surface area contributed by atoms with Gasteiger partial charge in [-0.05, 0) is 35.2 Å². The Morgan fingerprint density at radius 3 is 2.81 bits per heavy atom. The minimum absolute atomic E-state index is 0.379. The molecule has 0 atom stereocenters. The highest BCUT2D eigenvalue weighted by Crippen LogP contribution is 2.10. The highest BCUT2D eigenvalue weighted by Gasteiger charge is 2.00. The number of nitrogens with zero attached hydrogens (tertiary/aromatic N) is 3. The third-order valence-corrected chi connectivity index (χ3v) is 3.60. The van der Waals surface area contributed by atoms with Crippen LogP contribution in [0.3, 0.4) is 0 Å². The normalized spacial score (nSPS) is 11.5. The smallest absolute Gasteiger partial charge is 0.171 e. The summed E-state index contributed by atoms with van der Waals surface area (Å²) in [5, 5.41) is 12.0. The van der Waals surface area contributed by atoms with Gasteiger partial charge >= 0.3 is 0 Å². The highest BCUT2D eigenvalue weighted by atomic mass is 32.1. The first-order valence-electron chi connectivity index (χ1n) is 6.40. The summed E-state index contributed by atoms with van der Waals surface area (Å²) in [5.74, 6) is 0.393. The molecule has 2 aromatic heterocycles. The van der Waals surface area contributed by atoms with Gasteiger partial charge in [0.15, 0.2) is 5.84 Å². The van der Waals surface area contributed by atoms with Crippen molar-refractivity contribution in [3.8, 4) is 5.69 Å². The molecule has 0 amide bonds. The van der Waals surface area contributed by atoms with Crippen molar-refractivity contribution in [2.24, 2.45) is 10.9 Å². The Kier molecular flexibility index (Phi) is 3.97. The topological polar surface area (TPSA) is 65.4 Å². The second-order valence-electron chi connectivity index (χ2n) is 4.38. The molecule has 0 unspecified atom stereocenters. The van der Waals surface area contributed by atoms with Crippen molar-refractivity contribution in [3.05, 3.63) is 70.7 Å². The molecule has 2 heterocycles. The minimum atomic E-state index is 0.379. The Labute approximate surface area is 126 Å². The van der Waals surface area contributed by atoms with E-state index in [1.807, 2.05) is 53.4 Å². The fourth-order valence-corrected chi connectivity index (χ4v) is 2.46. The van der Waals surface area contributed by atoms with Crippen molar-refractivity contribution in [2.45, 2.75) is 6.61 Å². The summed E-state index contributed by atoms with van der Waals surface area (Å²) in [7, 11) is 0. The Morgan fingerprint density at radius 1 is 1.29 bits per heavy atom. The van der Waals surface area contributed by atoms with Crippen LogP contribution in [0, 0.1) is 0 Å². The van der Waals surface area contributed by atoms with E-state index >= 15 is 0 Å². The van der Waals surface area contributed by atoms with Gasteiger partial charge in [-0.3, -0.25) is 0 Å². The molecule has 0 aliphatic heterocycles. The molecule has 0 fully saturated rings. The number of hydrogen-bond acceptors (Lipinski definition) is 4. The molecule has 0 saturated carbocycles. The third-order valence-electron chi connectivity index (χ3n) is 2.92. The van der Waals surface area contributed by atoms with E-state index in [9.17, 15) is 0 Å². The lowest BCUT2D eigenvalue weighted by atomic mass is 10.2. The molecule has 0 radical (unpaired) electrons. The van der Waals surface area contributed by atoms with E-state index in [0.29, 0.717) is 12.4 Å². The zero-order valence-electron chi connectivity index (χ0n) is 11.2. The van der Waals surface area contributed by atoms with Crippen molar-refractivity contribution >= 4 is 17.2 Å². The first-order valence-corrected chi connectivity index (χ1v) is 7.34. The van der Waals surface area contributed by atoms with Gasteiger partial charge in [0.2, 0.25) is 0 Å². The second-order valence-corrected chi connectivity index (χ2v) is 5.16. The zero-order chi connectivity index (χ0) is 14.5. The lowest BCUT2D eigenvalue weighted by Crippen LogP contribution is -2.12. The molecule has 0 aliphatic carbocycles. The molecule has 0 saturated heterocycles. The monoisotopic (exact) mass is 298 g/mol. The number of amidine groups is 1. The number of aromatic nitrogens is 2. The molecular formula is C15H14N4OS. The van der Waals surface area contributed by atoms with Crippen LogP contribution in [0.2, 0.25) is 0 Å². The maximum Gasteiger partial charge on any atom is 0.171 e. The summed E-state index contributed by atoms with van der Waals surface area (Å²) in [6, 6.07) is 11.7. The molecule has 1 aromatic carbocycles. The summed E-state index contributed by atoms with van der Waals surface area (Å²) in [6.07, 6.45) is 3.65. The van der Waals surface area contributed by atoms with Crippen LogP contribution in [-0.2, 0) is 11.4 Å². The van der Waals surface area contributed by atoms with E-state index in [4.69, 9.17) is 10.6 Å². The zero-order valence-corrected chi connectivity index (χ0v) is 12.0. The number of benzene rings is 1. The maximum atomic E-state index is 5.81. The number of hydrogen-bond donors (Lipinski definition) is 1. The second kappa shape index (κ2) is 6.23. The van der Waals surface area contributed by atoms with Crippen molar-refractivity contribution < 1.29 is 4.84 Å². The Morgan fingerprint density at radius 2 is 2.14 bits per heavy atom.